The summed E-state index contributed by atoms with van der Waals surface area (Å²) >= 11 is 0. The van der Waals surface area contributed by atoms with Gasteiger partial charge in [0.05, 0.1) is 5.41 Å². The van der Waals surface area contributed by atoms with Gasteiger partial charge >= 0.3 is 0 Å². The number of fused-ring (bicyclic) bond motifs is 10. The average Bonchev–Trinajstić information content (AvgIpc) is 1.51. The van der Waals surface area contributed by atoms with E-state index in [1.165, 1.54) is 44.5 Å². The highest BCUT2D eigenvalue weighted by molar-refractivity contribution is 5.97. The quantitative estimate of drug-likeness (QED) is 0.128. The molecular weight excluding hydrogens is 1160 g/mol. The van der Waals surface area contributed by atoms with E-state index in [2.05, 4.69) is 188 Å². The van der Waals surface area contributed by atoms with Crippen LogP contribution in [0.4, 0.5) is 0 Å². The van der Waals surface area contributed by atoms with Crippen molar-refractivity contribution in [2.24, 2.45) is 0 Å². The van der Waals surface area contributed by atoms with Gasteiger partial charge in [0.2, 0.25) is 0 Å². The van der Waals surface area contributed by atoms with Crippen LogP contribution in [0.15, 0.2) is 279 Å². The van der Waals surface area contributed by atoms with E-state index in [-0.39, 0.29) is 0 Å². The first-order chi connectivity index (χ1) is 46.7. The van der Waals surface area contributed by atoms with E-state index in [4.69, 9.17) is 29.9 Å². The highest BCUT2D eigenvalue weighted by Crippen LogP contribution is 2.63. The molecule has 0 unspecified atom stereocenters. The molecule has 12 nitrogen and oxygen atoms in total. The molecule has 0 fully saturated rings. The summed E-state index contributed by atoms with van der Waals surface area (Å²) in [7, 11) is 0. The Bertz CT molecular complexity index is 4890. The maximum Gasteiger partial charge on any atom is 0.164 e. The van der Waals surface area contributed by atoms with Crippen LogP contribution in [0.1, 0.15) is 45.6 Å². The number of aromatic nitrogens is 12. The summed E-state index contributed by atoms with van der Waals surface area (Å²) in [6.45, 7) is 7.64. The normalized spacial score (nSPS) is 12.1. The van der Waals surface area contributed by atoms with Gasteiger partial charge in [-0.15, -0.1) is 0 Å². The van der Waals surface area contributed by atoms with E-state index in [1.54, 1.807) is 0 Å². The molecule has 95 heavy (non-hydrogen) atoms. The van der Waals surface area contributed by atoms with Gasteiger partial charge < -0.3 is 0 Å². The van der Waals surface area contributed by atoms with Gasteiger partial charge in [-0.05, 0) is 107 Å². The second kappa shape index (κ2) is 24.3. The highest BCUT2D eigenvalue weighted by Gasteiger charge is 2.51. The summed E-state index contributed by atoms with van der Waals surface area (Å²) in [4.78, 5) is 56.7. The van der Waals surface area contributed by atoms with Crippen molar-refractivity contribution >= 4 is 0 Å². The van der Waals surface area contributed by atoms with Crippen molar-refractivity contribution in [2.45, 2.75) is 33.1 Å². The molecule has 0 saturated carbocycles. The van der Waals surface area contributed by atoms with Gasteiger partial charge in [0.15, 0.2) is 46.6 Å². The minimum absolute atomic E-state index is 0.426. The highest BCUT2D eigenvalue weighted by atomic mass is 15.1. The molecule has 0 aliphatic heterocycles. The first kappa shape index (κ1) is 57.6. The number of aryl methyl sites for hydroxylation is 4. The third-order valence-electron chi connectivity index (χ3n) is 17.6. The molecule has 0 atom stereocenters. The lowest BCUT2D eigenvalue weighted by atomic mass is 9.70. The molecule has 12 heteroatoms. The van der Waals surface area contributed by atoms with Gasteiger partial charge in [0.1, 0.15) is 23.3 Å². The minimum Gasteiger partial charge on any atom is -0.219 e. The lowest BCUT2D eigenvalue weighted by molar-refractivity contribution is 0.793. The van der Waals surface area contributed by atoms with Crippen molar-refractivity contribution < 1.29 is 0 Å². The molecule has 0 N–H and O–H groups in total. The van der Waals surface area contributed by atoms with Crippen molar-refractivity contribution in [3.05, 3.63) is 325 Å². The van der Waals surface area contributed by atoms with Crippen LogP contribution in [0, 0.1) is 27.7 Å². The predicted octanol–water partition coefficient (Wildman–Crippen LogP) is 18.4. The van der Waals surface area contributed by atoms with Crippen molar-refractivity contribution in [3.8, 4) is 136 Å². The summed E-state index contributed by atoms with van der Waals surface area (Å²) in [6.07, 6.45) is 0. The SMILES string of the molecule is Cc1nc(C)nc(-c2ccc3c(c2)-c2cc(-c4nc(C)nc(C)n4)ccc2C32c3ccccc3-c3ccccc32)n1.c1ccc(-c2nc(-c3ccccc3)nc(-c3ccc(-c4ccc(-c5ccc(-c6nc(-c7ccccc7)nc(-c7ccccc7)n6)cc5)cc4)cc3)n2)cc1. The zero-order chi connectivity index (χ0) is 64.0. The van der Waals surface area contributed by atoms with Gasteiger partial charge in [-0.2, -0.15) is 0 Å². The largest absolute Gasteiger partial charge is 0.219 e. The van der Waals surface area contributed by atoms with E-state index in [0.717, 1.165) is 66.8 Å². The smallest absolute Gasteiger partial charge is 0.164 e. The molecule has 17 rings (SSSR count). The predicted molar refractivity (Wildman–Crippen MR) is 376 cm³/mol. The van der Waals surface area contributed by atoms with Crippen LogP contribution >= 0.6 is 0 Å². The monoisotopic (exact) mass is 1220 g/mol. The van der Waals surface area contributed by atoms with Crippen LogP contribution in [0.5, 0.6) is 0 Å². The molecule has 11 aromatic carbocycles. The molecule has 1 spiro atoms. The van der Waals surface area contributed by atoms with Crippen molar-refractivity contribution in [2.75, 3.05) is 0 Å². The van der Waals surface area contributed by atoms with Gasteiger partial charge in [-0.25, -0.2) is 59.8 Å². The Kier molecular flexibility index (Phi) is 14.7. The van der Waals surface area contributed by atoms with Crippen LogP contribution in [0.3, 0.4) is 0 Å². The second-order valence-electron chi connectivity index (χ2n) is 23.7. The Morgan fingerprint density at radius 2 is 0.379 bits per heavy atom. The Labute approximate surface area is 550 Å². The Morgan fingerprint density at radius 1 is 0.168 bits per heavy atom. The molecule has 15 aromatic rings. The average molecular weight is 1220 g/mol. The number of benzene rings is 11. The summed E-state index contributed by atoms with van der Waals surface area (Å²) in [5.41, 5.74) is 21.7. The maximum atomic E-state index is 4.88. The maximum absolute atomic E-state index is 4.88. The van der Waals surface area contributed by atoms with Gasteiger partial charge in [-0.1, -0.05) is 267 Å². The summed E-state index contributed by atoms with van der Waals surface area (Å²) in [5, 5.41) is 0. The van der Waals surface area contributed by atoms with Crippen LogP contribution in [-0.4, -0.2) is 59.8 Å². The molecule has 0 bridgehead atoms. The number of hydrogen-bond donors (Lipinski definition) is 0. The topological polar surface area (TPSA) is 155 Å². The fraction of sp³-hybridized carbons (Fsp3) is 0.0602. The van der Waals surface area contributed by atoms with Crippen molar-refractivity contribution in [3.63, 3.8) is 0 Å². The molecule has 2 aliphatic carbocycles. The molecule has 2 aliphatic rings. The Morgan fingerprint density at radius 3 is 0.663 bits per heavy atom. The van der Waals surface area contributed by atoms with E-state index in [1.807, 2.05) is 149 Å². The molecular formula is C83H58N12. The standard InChI is InChI=1S/C48H32N6.C35H26N6/c1-5-13-37(14-6-1)43-49-44(38-15-7-2-8-16-38)52-47(51-43)41-29-25-35(26-30-41)33-21-23-34(24-22-33)36-27-31-42(32-28-36)48-53-45(39-17-9-3-10-18-39)50-46(54-48)40-19-11-4-12-20-40;1-19-36-20(2)39-33(38-19)23-13-15-31-27(17-23)28-18-24(34-40-21(3)37-22(4)41-34)14-16-32(28)35(31)29-11-7-5-9-25(29)26-10-6-8-12-30(26)35/h1-32H;5-18H,1-4H3. The third-order valence-corrected chi connectivity index (χ3v) is 17.6. The van der Waals surface area contributed by atoms with E-state index < -0.39 is 5.41 Å². The molecule has 0 amide bonds. The van der Waals surface area contributed by atoms with Crippen molar-refractivity contribution in [1.29, 1.82) is 0 Å². The van der Waals surface area contributed by atoms with Crippen LogP contribution < -0.4 is 0 Å². The van der Waals surface area contributed by atoms with Crippen molar-refractivity contribution in [1.82, 2.24) is 59.8 Å². The number of hydrogen-bond acceptors (Lipinski definition) is 12. The fourth-order valence-electron chi connectivity index (χ4n) is 13.3. The molecule has 0 saturated heterocycles. The molecule has 4 heterocycles. The zero-order valence-electron chi connectivity index (χ0n) is 52.4. The Balaban J connectivity index is 0.000000155. The first-order valence-electron chi connectivity index (χ1n) is 31.6. The van der Waals surface area contributed by atoms with E-state index in [0.29, 0.717) is 69.9 Å². The summed E-state index contributed by atoms with van der Waals surface area (Å²) in [5.74, 6) is 8.10. The van der Waals surface area contributed by atoms with Crippen LogP contribution in [0.25, 0.3) is 136 Å². The lowest BCUT2D eigenvalue weighted by Crippen LogP contribution is -2.25. The Hall–Kier alpha value is -12.5. The van der Waals surface area contributed by atoms with E-state index in [9.17, 15) is 0 Å². The third kappa shape index (κ3) is 10.9. The number of rotatable bonds is 10. The first-order valence-corrected chi connectivity index (χ1v) is 31.6. The molecule has 450 valence electrons. The van der Waals surface area contributed by atoms with Gasteiger partial charge in [0, 0.05) is 44.5 Å². The van der Waals surface area contributed by atoms with Crippen LogP contribution in [-0.2, 0) is 5.41 Å². The van der Waals surface area contributed by atoms with Gasteiger partial charge in [0.25, 0.3) is 0 Å². The fourth-order valence-corrected chi connectivity index (χ4v) is 13.3. The zero-order valence-corrected chi connectivity index (χ0v) is 52.4. The van der Waals surface area contributed by atoms with Gasteiger partial charge in [-0.3, -0.25) is 0 Å². The second-order valence-corrected chi connectivity index (χ2v) is 23.7. The van der Waals surface area contributed by atoms with E-state index >= 15 is 0 Å². The summed E-state index contributed by atoms with van der Waals surface area (Å²) in [6, 6.07) is 96.5. The molecule has 4 aromatic heterocycles. The number of nitrogens with zero attached hydrogens (tertiary/aromatic N) is 12. The molecule has 0 radical (unpaired) electrons. The van der Waals surface area contributed by atoms with Crippen LogP contribution in [0.2, 0.25) is 0 Å². The lowest BCUT2D eigenvalue weighted by Gasteiger charge is -2.30. The minimum atomic E-state index is -0.426. The summed E-state index contributed by atoms with van der Waals surface area (Å²) < 4.78 is 0.